The SMILES string of the molecule is CCCC(=O)O.NC1CCCC[CH]1[Na]. The summed E-state index contributed by atoms with van der Waals surface area (Å²) in [6.45, 7) is 1.84. The maximum atomic E-state index is 9.60. The summed E-state index contributed by atoms with van der Waals surface area (Å²) in [6.07, 6.45) is 6.53. The molecule has 1 rings (SSSR count). The van der Waals surface area contributed by atoms with Gasteiger partial charge in [-0.3, -0.25) is 4.79 Å². The van der Waals surface area contributed by atoms with E-state index in [0.29, 0.717) is 12.5 Å². The molecule has 3 nitrogen and oxygen atoms in total. The molecule has 0 bridgehead atoms. The molecule has 1 fully saturated rings. The van der Waals surface area contributed by atoms with Gasteiger partial charge in [-0.25, -0.2) is 0 Å². The molecule has 0 aromatic heterocycles. The summed E-state index contributed by atoms with van der Waals surface area (Å²) in [5.41, 5.74) is 5.81. The van der Waals surface area contributed by atoms with Gasteiger partial charge in [0, 0.05) is 6.42 Å². The second-order valence-corrected chi connectivity index (χ2v) is 5.55. The molecule has 1 saturated carbocycles. The number of aliphatic carboxylic acids is 1. The zero-order valence-corrected chi connectivity index (χ0v) is 11.3. The van der Waals surface area contributed by atoms with Gasteiger partial charge in [-0.1, -0.05) is 6.92 Å². The first-order valence-electron chi connectivity index (χ1n) is 5.55. The fourth-order valence-electron chi connectivity index (χ4n) is 1.56. The van der Waals surface area contributed by atoms with E-state index in [-0.39, 0.29) is 0 Å². The fraction of sp³-hybridized carbons (Fsp3) is 0.900. The predicted molar refractivity (Wildman–Crippen MR) is 58.5 cm³/mol. The Morgan fingerprint density at radius 2 is 2.07 bits per heavy atom. The van der Waals surface area contributed by atoms with Crippen molar-refractivity contribution in [3.05, 3.63) is 0 Å². The van der Waals surface area contributed by atoms with Gasteiger partial charge in [-0.2, -0.15) is 0 Å². The topological polar surface area (TPSA) is 63.3 Å². The van der Waals surface area contributed by atoms with Gasteiger partial charge in [-0.15, -0.1) is 0 Å². The van der Waals surface area contributed by atoms with Crippen molar-refractivity contribution in [3.8, 4) is 0 Å². The van der Waals surface area contributed by atoms with Gasteiger partial charge in [0.1, 0.15) is 0 Å². The molecule has 0 aliphatic heterocycles. The Hall–Kier alpha value is 0.430. The second kappa shape index (κ2) is 8.72. The summed E-state index contributed by atoms with van der Waals surface area (Å²) in [7, 11) is 0. The van der Waals surface area contributed by atoms with Gasteiger partial charge < -0.3 is 5.11 Å². The molecular weight excluding hydrogens is 189 g/mol. The maximum absolute atomic E-state index is 9.60. The Bertz CT molecular complexity index is 154. The molecule has 0 aromatic rings. The molecule has 0 amide bonds. The Morgan fingerprint density at radius 1 is 1.50 bits per heavy atom. The van der Waals surface area contributed by atoms with Crippen LogP contribution >= 0.6 is 0 Å². The van der Waals surface area contributed by atoms with Crippen molar-refractivity contribution < 1.29 is 9.90 Å². The molecule has 14 heavy (non-hydrogen) atoms. The summed E-state index contributed by atoms with van der Waals surface area (Å²) in [4.78, 5) is 9.60. The minimum absolute atomic E-state index is 0.292. The van der Waals surface area contributed by atoms with Crippen molar-refractivity contribution in [1.29, 1.82) is 0 Å². The van der Waals surface area contributed by atoms with E-state index >= 15 is 0 Å². The van der Waals surface area contributed by atoms with Crippen LogP contribution in [0.1, 0.15) is 45.4 Å². The molecule has 2 unspecified atom stereocenters. The third kappa shape index (κ3) is 7.80. The third-order valence-electron chi connectivity index (χ3n) is 2.64. The van der Waals surface area contributed by atoms with E-state index in [1.165, 1.54) is 53.6 Å². The van der Waals surface area contributed by atoms with E-state index in [0.717, 1.165) is 9.59 Å². The van der Waals surface area contributed by atoms with Crippen LogP contribution in [0.25, 0.3) is 0 Å². The van der Waals surface area contributed by atoms with Gasteiger partial charge in [0.05, 0.1) is 0 Å². The minimum atomic E-state index is -0.711. The van der Waals surface area contributed by atoms with E-state index in [1.54, 1.807) is 0 Å². The Kier molecular flexibility index (Phi) is 8.98. The normalized spacial score (nSPS) is 26.3. The number of carbonyl (C=O) groups is 1. The van der Waals surface area contributed by atoms with Crippen LogP contribution in [0.4, 0.5) is 0 Å². The van der Waals surface area contributed by atoms with Crippen molar-refractivity contribution in [2.45, 2.75) is 54.7 Å². The van der Waals surface area contributed by atoms with E-state index in [9.17, 15) is 4.79 Å². The standard InChI is InChI=1S/C6H12N.C4H8O2.Na/c7-6-4-2-1-3-5-6;1-2-3-4(5)6;/h4,6H,1-3,5,7H2;2-3H2,1H3,(H,5,6);. The van der Waals surface area contributed by atoms with E-state index < -0.39 is 5.97 Å². The molecular formula is C10H20NNaO2. The molecule has 0 radical (unpaired) electrons. The Balaban J connectivity index is 0.000000255. The zero-order chi connectivity index (χ0) is 11.0. The molecule has 0 saturated heterocycles. The molecule has 3 N–H and O–H groups in total. The van der Waals surface area contributed by atoms with Gasteiger partial charge in [0.2, 0.25) is 0 Å². The van der Waals surface area contributed by atoms with Gasteiger partial charge >= 0.3 is 74.5 Å². The van der Waals surface area contributed by atoms with Crippen molar-refractivity contribution in [2.24, 2.45) is 5.73 Å². The monoisotopic (exact) mass is 209 g/mol. The molecule has 0 heterocycles. The van der Waals surface area contributed by atoms with E-state index in [4.69, 9.17) is 10.8 Å². The first-order valence-corrected chi connectivity index (χ1v) is 6.70. The first kappa shape index (κ1) is 14.4. The molecule has 4 heteroatoms. The van der Waals surface area contributed by atoms with Gasteiger partial charge in [-0.05, 0) is 6.42 Å². The molecule has 78 valence electrons. The van der Waals surface area contributed by atoms with Crippen LogP contribution in [0.15, 0.2) is 0 Å². The number of hydrogen-bond acceptors (Lipinski definition) is 2. The van der Waals surface area contributed by atoms with Crippen LogP contribution in [0.5, 0.6) is 0 Å². The Labute approximate surface area is 104 Å². The van der Waals surface area contributed by atoms with Crippen LogP contribution in [0.2, 0.25) is 3.17 Å². The van der Waals surface area contributed by atoms with Crippen molar-refractivity contribution in [1.82, 2.24) is 0 Å². The summed E-state index contributed by atoms with van der Waals surface area (Å²) in [6, 6.07) is 0.565. The molecule has 1 aliphatic rings. The van der Waals surface area contributed by atoms with E-state index in [1.807, 2.05) is 6.92 Å². The average molecular weight is 209 g/mol. The van der Waals surface area contributed by atoms with Crippen molar-refractivity contribution >= 4 is 33.9 Å². The first-order chi connectivity index (χ1) is 6.57. The van der Waals surface area contributed by atoms with Crippen LogP contribution in [-0.4, -0.2) is 45.0 Å². The van der Waals surface area contributed by atoms with Crippen LogP contribution in [-0.2, 0) is 4.79 Å². The van der Waals surface area contributed by atoms with Gasteiger partial charge in [0.25, 0.3) is 0 Å². The Morgan fingerprint density at radius 3 is 2.29 bits per heavy atom. The molecule has 1 aliphatic carbocycles. The number of rotatable bonds is 2. The van der Waals surface area contributed by atoms with E-state index in [2.05, 4.69) is 0 Å². The zero-order valence-electron chi connectivity index (χ0n) is 9.33. The third-order valence-corrected chi connectivity index (χ3v) is 4.08. The summed E-state index contributed by atoms with van der Waals surface area (Å²) in [5.74, 6) is -0.711. The predicted octanol–water partition coefficient (Wildman–Crippen LogP) is 1.72. The molecule has 2 atom stereocenters. The van der Waals surface area contributed by atoms with Crippen molar-refractivity contribution in [3.63, 3.8) is 0 Å². The molecule has 0 spiro atoms. The average Bonchev–Trinajstić information content (AvgIpc) is 2.11. The van der Waals surface area contributed by atoms with Crippen LogP contribution < -0.4 is 5.73 Å². The van der Waals surface area contributed by atoms with Gasteiger partial charge in [0.15, 0.2) is 0 Å². The second-order valence-electron chi connectivity index (χ2n) is 4.07. The number of nitrogens with two attached hydrogens (primary N) is 1. The van der Waals surface area contributed by atoms with Crippen LogP contribution in [0.3, 0.4) is 0 Å². The number of carboxylic acid groups (broad SMARTS) is 1. The quantitative estimate of drug-likeness (QED) is 0.680. The van der Waals surface area contributed by atoms with Crippen LogP contribution in [0, 0.1) is 0 Å². The number of carboxylic acids is 1. The number of hydrogen-bond donors (Lipinski definition) is 2. The summed E-state index contributed by atoms with van der Waals surface area (Å²) in [5, 5.41) is 7.91. The van der Waals surface area contributed by atoms with Crippen molar-refractivity contribution in [2.75, 3.05) is 0 Å². The fourth-order valence-corrected chi connectivity index (χ4v) is 2.30. The molecule has 0 aromatic carbocycles. The summed E-state index contributed by atoms with van der Waals surface area (Å²) < 4.78 is 0.920. The summed E-state index contributed by atoms with van der Waals surface area (Å²) >= 11 is 1.31.